The van der Waals surface area contributed by atoms with Crippen molar-refractivity contribution >= 4 is 6.09 Å². The lowest BCUT2D eigenvalue weighted by Crippen LogP contribution is -2.44. The number of rotatable bonds is 3. The van der Waals surface area contributed by atoms with Crippen LogP contribution in [-0.2, 0) is 13.1 Å². The molecule has 18 heavy (non-hydrogen) atoms. The minimum Gasteiger partial charge on any atom is -0.465 e. The van der Waals surface area contributed by atoms with E-state index in [1.165, 1.54) is 4.90 Å². The summed E-state index contributed by atoms with van der Waals surface area (Å²) in [5.41, 5.74) is 8.40. The van der Waals surface area contributed by atoms with Gasteiger partial charge in [-0.25, -0.2) is 4.79 Å². The fourth-order valence-corrected chi connectivity index (χ4v) is 1.86. The normalized spacial score (nSPS) is 11.4. The Morgan fingerprint density at radius 2 is 1.94 bits per heavy atom. The third-order valence-electron chi connectivity index (χ3n) is 2.95. The van der Waals surface area contributed by atoms with Crippen LogP contribution in [0.1, 0.15) is 37.5 Å². The van der Waals surface area contributed by atoms with Crippen LogP contribution in [0.15, 0.2) is 18.2 Å². The smallest absolute Gasteiger partial charge is 0.408 e. The molecule has 0 fully saturated rings. The monoisotopic (exact) mass is 250 g/mol. The number of hydrogen-bond acceptors (Lipinski definition) is 2. The summed E-state index contributed by atoms with van der Waals surface area (Å²) in [6, 6.07) is 5.95. The quantitative estimate of drug-likeness (QED) is 0.866. The van der Waals surface area contributed by atoms with Gasteiger partial charge in [0.25, 0.3) is 0 Å². The summed E-state index contributed by atoms with van der Waals surface area (Å²) < 4.78 is 0. The number of benzene rings is 1. The van der Waals surface area contributed by atoms with Crippen molar-refractivity contribution in [1.29, 1.82) is 0 Å². The number of amides is 1. The molecule has 0 radical (unpaired) electrons. The van der Waals surface area contributed by atoms with Gasteiger partial charge in [-0.1, -0.05) is 23.8 Å². The van der Waals surface area contributed by atoms with Gasteiger partial charge in [0.1, 0.15) is 0 Å². The van der Waals surface area contributed by atoms with E-state index in [1.807, 2.05) is 45.9 Å². The zero-order valence-corrected chi connectivity index (χ0v) is 11.5. The summed E-state index contributed by atoms with van der Waals surface area (Å²) in [6.45, 7) is 8.45. The Kier molecular flexibility index (Phi) is 4.35. The molecule has 1 amide bonds. The number of aryl methyl sites for hydroxylation is 1. The molecule has 4 heteroatoms. The number of carbonyl (C=O) groups is 1. The maximum atomic E-state index is 11.3. The highest BCUT2D eigenvalue weighted by Crippen LogP contribution is 2.20. The molecule has 0 atom stereocenters. The highest BCUT2D eigenvalue weighted by molar-refractivity contribution is 5.66. The Hall–Kier alpha value is -1.55. The molecule has 0 aliphatic carbocycles. The van der Waals surface area contributed by atoms with Crippen LogP contribution in [0.3, 0.4) is 0 Å². The molecule has 3 N–H and O–H groups in total. The lowest BCUT2D eigenvalue weighted by atomic mass is 10.0. The first kappa shape index (κ1) is 14.5. The van der Waals surface area contributed by atoms with Gasteiger partial charge in [0.2, 0.25) is 0 Å². The third-order valence-corrected chi connectivity index (χ3v) is 2.95. The Morgan fingerprint density at radius 1 is 1.33 bits per heavy atom. The van der Waals surface area contributed by atoms with Crippen molar-refractivity contribution in [1.82, 2.24) is 4.90 Å². The number of nitrogens with zero attached hydrogens (tertiary/aromatic N) is 1. The molecule has 0 heterocycles. The van der Waals surface area contributed by atoms with Crippen LogP contribution >= 0.6 is 0 Å². The van der Waals surface area contributed by atoms with E-state index in [1.54, 1.807) is 0 Å². The Balaban J connectivity index is 3.05. The van der Waals surface area contributed by atoms with E-state index in [9.17, 15) is 9.90 Å². The van der Waals surface area contributed by atoms with Crippen LogP contribution in [0.4, 0.5) is 4.79 Å². The van der Waals surface area contributed by atoms with Gasteiger partial charge in [-0.05, 0) is 38.8 Å². The molecular formula is C14H22N2O2. The van der Waals surface area contributed by atoms with E-state index in [4.69, 9.17) is 5.73 Å². The largest absolute Gasteiger partial charge is 0.465 e. The molecule has 0 saturated carbocycles. The minimum atomic E-state index is -0.911. The molecule has 1 aromatic carbocycles. The second-order valence-corrected chi connectivity index (χ2v) is 5.52. The first-order valence-corrected chi connectivity index (χ1v) is 6.04. The Labute approximate surface area is 108 Å². The summed E-state index contributed by atoms with van der Waals surface area (Å²) in [5.74, 6) is 0. The zero-order valence-electron chi connectivity index (χ0n) is 11.5. The van der Waals surface area contributed by atoms with Crippen molar-refractivity contribution in [3.05, 3.63) is 34.9 Å². The number of carboxylic acid groups (broad SMARTS) is 1. The van der Waals surface area contributed by atoms with Gasteiger partial charge in [-0.3, -0.25) is 4.90 Å². The molecule has 0 spiro atoms. The van der Waals surface area contributed by atoms with Gasteiger partial charge in [-0.2, -0.15) is 0 Å². The van der Waals surface area contributed by atoms with Crippen LogP contribution in [0, 0.1) is 6.92 Å². The van der Waals surface area contributed by atoms with E-state index in [0.717, 1.165) is 16.7 Å². The number of nitrogens with two attached hydrogens (primary N) is 1. The molecule has 0 aliphatic heterocycles. The van der Waals surface area contributed by atoms with Crippen LogP contribution in [-0.4, -0.2) is 21.6 Å². The maximum Gasteiger partial charge on any atom is 0.408 e. The van der Waals surface area contributed by atoms with Crippen LogP contribution in [0.25, 0.3) is 0 Å². The first-order valence-electron chi connectivity index (χ1n) is 6.04. The van der Waals surface area contributed by atoms with E-state index >= 15 is 0 Å². The van der Waals surface area contributed by atoms with Crippen molar-refractivity contribution in [2.45, 2.75) is 46.3 Å². The van der Waals surface area contributed by atoms with E-state index in [-0.39, 0.29) is 0 Å². The summed E-state index contributed by atoms with van der Waals surface area (Å²) >= 11 is 0. The standard InChI is InChI=1S/C14H22N2O2/c1-10-5-6-11(12(7-10)8-15)9-16(13(17)18)14(2,3)4/h5-7H,8-9,15H2,1-4H3,(H,17,18). The number of hydrogen-bond donors (Lipinski definition) is 2. The van der Waals surface area contributed by atoms with Gasteiger partial charge in [-0.15, -0.1) is 0 Å². The Bertz CT molecular complexity index is 436. The van der Waals surface area contributed by atoms with E-state index in [2.05, 4.69) is 0 Å². The summed E-state index contributed by atoms with van der Waals surface area (Å²) in [7, 11) is 0. The molecule has 100 valence electrons. The van der Waals surface area contributed by atoms with E-state index in [0.29, 0.717) is 13.1 Å². The minimum absolute atomic E-state index is 0.367. The van der Waals surface area contributed by atoms with Crippen molar-refractivity contribution in [3.63, 3.8) is 0 Å². The summed E-state index contributed by atoms with van der Waals surface area (Å²) in [5, 5.41) is 9.28. The lowest BCUT2D eigenvalue weighted by molar-refractivity contribution is 0.0954. The average Bonchev–Trinajstić information content (AvgIpc) is 2.24. The van der Waals surface area contributed by atoms with E-state index < -0.39 is 11.6 Å². The van der Waals surface area contributed by atoms with Gasteiger partial charge in [0.05, 0.1) is 0 Å². The highest BCUT2D eigenvalue weighted by atomic mass is 16.4. The zero-order chi connectivity index (χ0) is 13.9. The second kappa shape index (κ2) is 5.40. The summed E-state index contributed by atoms with van der Waals surface area (Å²) in [4.78, 5) is 12.7. The topological polar surface area (TPSA) is 66.6 Å². The Morgan fingerprint density at radius 3 is 2.39 bits per heavy atom. The molecule has 0 saturated heterocycles. The predicted octanol–water partition coefficient (Wildman–Crippen LogP) is 2.73. The SMILES string of the molecule is Cc1ccc(CN(C(=O)O)C(C)(C)C)c(CN)c1. The van der Waals surface area contributed by atoms with Crippen molar-refractivity contribution in [2.24, 2.45) is 5.73 Å². The second-order valence-electron chi connectivity index (χ2n) is 5.52. The van der Waals surface area contributed by atoms with Crippen LogP contribution in [0.2, 0.25) is 0 Å². The fourth-order valence-electron chi connectivity index (χ4n) is 1.86. The fraction of sp³-hybridized carbons (Fsp3) is 0.500. The molecule has 1 aromatic rings. The van der Waals surface area contributed by atoms with Gasteiger partial charge >= 0.3 is 6.09 Å². The van der Waals surface area contributed by atoms with Crippen LogP contribution < -0.4 is 5.73 Å². The van der Waals surface area contributed by atoms with Gasteiger partial charge < -0.3 is 10.8 Å². The predicted molar refractivity (Wildman–Crippen MR) is 72.4 cm³/mol. The molecular weight excluding hydrogens is 228 g/mol. The summed E-state index contributed by atoms with van der Waals surface area (Å²) in [6.07, 6.45) is -0.911. The third kappa shape index (κ3) is 3.47. The molecule has 4 nitrogen and oxygen atoms in total. The maximum absolute atomic E-state index is 11.3. The molecule has 1 rings (SSSR count). The van der Waals surface area contributed by atoms with Crippen molar-refractivity contribution < 1.29 is 9.90 Å². The highest BCUT2D eigenvalue weighted by Gasteiger charge is 2.26. The van der Waals surface area contributed by atoms with Gasteiger partial charge in [0.15, 0.2) is 0 Å². The van der Waals surface area contributed by atoms with Crippen molar-refractivity contribution in [3.8, 4) is 0 Å². The first-order chi connectivity index (χ1) is 8.25. The average molecular weight is 250 g/mol. The van der Waals surface area contributed by atoms with Crippen LogP contribution in [0.5, 0.6) is 0 Å². The van der Waals surface area contributed by atoms with Crippen molar-refractivity contribution in [2.75, 3.05) is 0 Å². The molecule has 0 aliphatic rings. The lowest BCUT2D eigenvalue weighted by Gasteiger charge is -2.33. The molecule has 0 bridgehead atoms. The molecule has 0 aromatic heterocycles. The molecule has 0 unspecified atom stereocenters. The van der Waals surface area contributed by atoms with Gasteiger partial charge in [0, 0.05) is 18.6 Å².